The highest BCUT2D eigenvalue weighted by Crippen LogP contribution is 2.18. The summed E-state index contributed by atoms with van der Waals surface area (Å²) in [6.45, 7) is 1.61. The summed E-state index contributed by atoms with van der Waals surface area (Å²) in [6, 6.07) is 0. The van der Waals surface area contributed by atoms with Gasteiger partial charge in [0.2, 0.25) is 0 Å². The lowest BCUT2D eigenvalue weighted by Crippen LogP contribution is -2.39. The number of carbonyl (C=O) groups is 4. The Morgan fingerprint density at radius 2 is 1.80 bits per heavy atom. The van der Waals surface area contributed by atoms with Crippen molar-refractivity contribution in [1.82, 2.24) is 0 Å². The molecule has 1 rings (SSSR count). The topological polar surface area (TPSA) is 77.5 Å². The van der Waals surface area contributed by atoms with E-state index in [-0.39, 0.29) is 19.4 Å². The van der Waals surface area contributed by atoms with Crippen LogP contribution in [0.4, 0.5) is 0 Å². The lowest BCUT2D eigenvalue weighted by Gasteiger charge is -2.16. The fourth-order valence-corrected chi connectivity index (χ4v) is 1.52. The van der Waals surface area contributed by atoms with Gasteiger partial charge in [0.25, 0.3) is 5.78 Å². The normalized spacial score (nSPS) is 17.7. The molecule has 0 heterocycles. The first kappa shape index (κ1) is 11.6. The summed E-state index contributed by atoms with van der Waals surface area (Å²) in [6.07, 6.45) is 0.827. The molecule has 5 heteroatoms. The van der Waals surface area contributed by atoms with E-state index >= 15 is 0 Å². The molecule has 5 nitrogen and oxygen atoms in total. The predicted molar refractivity (Wildman–Crippen MR) is 49.0 cm³/mol. The molecule has 15 heavy (non-hydrogen) atoms. The van der Waals surface area contributed by atoms with Gasteiger partial charge in [0, 0.05) is 12.8 Å². The van der Waals surface area contributed by atoms with Gasteiger partial charge < -0.3 is 4.74 Å². The van der Waals surface area contributed by atoms with E-state index in [4.69, 9.17) is 0 Å². The van der Waals surface area contributed by atoms with Crippen LogP contribution in [0.25, 0.3) is 0 Å². The minimum absolute atomic E-state index is 0.0552. The van der Waals surface area contributed by atoms with Gasteiger partial charge >= 0.3 is 5.97 Å². The average Bonchev–Trinajstić information content (AvgIpc) is 2.17. The summed E-state index contributed by atoms with van der Waals surface area (Å²) in [7, 11) is 0. The maximum atomic E-state index is 11.4. The monoisotopic (exact) mass is 212 g/mol. The maximum Gasteiger partial charge on any atom is 0.375 e. The molecular weight excluding hydrogens is 200 g/mol. The Morgan fingerprint density at radius 3 is 2.27 bits per heavy atom. The van der Waals surface area contributed by atoms with Crippen molar-refractivity contribution in [2.45, 2.75) is 26.2 Å². The quantitative estimate of drug-likeness (QED) is 0.375. The molecule has 0 aromatic rings. The Hall–Kier alpha value is -1.52. The number of hydrogen-bond acceptors (Lipinski definition) is 5. The Kier molecular flexibility index (Phi) is 3.71. The average molecular weight is 212 g/mol. The van der Waals surface area contributed by atoms with Crippen molar-refractivity contribution >= 4 is 23.3 Å². The van der Waals surface area contributed by atoms with Crippen molar-refractivity contribution in [2.24, 2.45) is 5.92 Å². The number of Topliss-reactive ketones (excluding diaryl/α,β-unsaturated/α-hetero) is 3. The van der Waals surface area contributed by atoms with E-state index in [0.29, 0.717) is 6.42 Å². The molecule has 0 spiro atoms. The number of ketones is 3. The largest absolute Gasteiger partial charge is 0.460 e. The molecule has 82 valence electrons. The van der Waals surface area contributed by atoms with Gasteiger partial charge in [-0.15, -0.1) is 0 Å². The molecule has 0 bridgehead atoms. The zero-order valence-electron chi connectivity index (χ0n) is 8.45. The van der Waals surface area contributed by atoms with E-state index < -0.39 is 29.2 Å². The first-order valence-corrected chi connectivity index (χ1v) is 4.84. The van der Waals surface area contributed by atoms with Crippen LogP contribution in [0.2, 0.25) is 0 Å². The van der Waals surface area contributed by atoms with Gasteiger partial charge in [0.15, 0.2) is 11.6 Å². The van der Waals surface area contributed by atoms with Gasteiger partial charge in [0.05, 0.1) is 6.61 Å². The molecular formula is C10H12O5. The minimum atomic E-state index is -1.40. The molecule has 0 amide bonds. The molecule has 0 N–H and O–H groups in total. The summed E-state index contributed by atoms with van der Waals surface area (Å²) in [4.78, 5) is 45.1. The molecule has 0 atom stereocenters. The van der Waals surface area contributed by atoms with Crippen molar-refractivity contribution in [3.8, 4) is 0 Å². The zero-order chi connectivity index (χ0) is 11.4. The molecule has 0 unspecified atom stereocenters. The summed E-state index contributed by atoms with van der Waals surface area (Å²) in [5.74, 6) is -4.45. The zero-order valence-corrected chi connectivity index (χ0v) is 8.45. The van der Waals surface area contributed by atoms with E-state index in [0.717, 1.165) is 0 Å². The van der Waals surface area contributed by atoms with Crippen molar-refractivity contribution in [3.63, 3.8) is 0 Å². The van der Waals surface area contributed by atoms with Gasteiger partial charge in [-0.25, -0.2) is 4.79 Å². The van der Waals surface area contributed by atoms with Crippen LogP contribution >= 0.6 is 0 Å². The molecule has 0 radical (unpaired) electrons. The van der Waals surface area contributed by atoms with Crippen LogP contribution in [0.15, 0.2) is 0 Å². The molecule has 1 aliphatic rings. The van der Waals surface area contributed by atoms with Gasteiger partial charge in [-0.05, 0) is 13.3 Å². The number of rotatable bonds is 3. The lowest BCUT2D eigenvalue weighted by molar-refractivity contribution is -0.159. The third-order valence-electron chi connectivity index (χ3n) is 2.23. The number of hydrogen-bond donors (Lipinski definition) is 0. The van der Waals surface area contributed by atoms with Crippen molar-refractivity contribution in [3.05, 3.63) is 0 Å². The van der Waals surface area contributed by atoms with Crippen molar-refractivity contribution in [2.75, 3.05) is 6.61 Å². The minimum Gasteiger partial charge on any atom is -0.460 e. The second-order valence-corrected chi connectivity index (χ2v) is 3.30. The van der Waals surface area contributed by atoms with E-state index in [9.17, 15) is 19.2 Å². The molecule has 0 aliphatic heterocycles. The third-order valence-corrected chi connectivity index (χ3v) is 2.23. The van der Waals surface area contributed by atoms with Gasteiger partial charge in [-0.1, -0.05) is 0 Å². The number of carbonyl (C=O) groups excluding carboxylic acids is 4. The second kappa shape index (κ2) is 4.82. The smallest absolute Gasteiger partial charge is 0.375 e. The molecule has 1 aliphatic carbocycles. The predicted octanol–water partition coefficient (Wildman–Crippen LogP) is 0.0569. The summed E-state index contributed by atoms with van der Waals surface area (Å²) < 4.78 is 4.46. The molecule has 0 saturated heterocycles. The highest BCUT2D eigenvalue weighted by molar-refractivity contribution is 6.44. The standard InChI is InChI=1S/C10H12O5/c1-2-15-10(14)9(13)8-6(11)4-3-5-7(8)12/h8H,2-5H2,1H3. The third kappa shape index (κ3) is 2.49. The Morgan fingerprint density at radius 1 is 1.27 bits per heavy atom. The molecule has 1 fully saturated rings. The highest BCUT2D eigenvalue weighted by atomic mass is 16.5. The first-order valence-electron chi connectivity index (χ1n) is 4.84. The SMILES string of the molecule is CCOC(=O)C(=O)C1C(=O)CCCC1=O. The Labute approximate surface area is 86.8 Å². The van der Waals surface area contributed by atoms with E-state index in [1.165, 1.54) is 0 Å². The van der Waals surface area contributed by atoms with Crippen LogP contribution < -0.4 is 0 Å². The molecule has 0 aromatic carbocycles. The first-order chi connectivity index (χ1) is 7.07. The van der Waals surface area contributed by atoms with Crippen LogP contribution in [0.3, 0.4) is 0 Å². The number of esters is 1. The Bertz CT molecular complexity index is 302. The van der Waals surface area contributed by atoms with Crippen LogP contribution in [-0.4, -0.2) is 29.9 Å². The summed E-state index contributed by atoms with van der Waals surface area (Å²) in [5, 5.41) is 0. The molecule has 0 aromatic heterocycles. The summed E-state index contributed by atoms with van der Waals surface area (Å²) in [5.41, 5.74) is 0. The van der Waals surface area contributed by atoms with E-state index in [2.05, 4.69) is 4.74 Å². The van der Waals surface area contributed by atoms with Crippen LogP contribution in [0.5, 0.6) is 0 Å². The molecule has 1 saturated carbocycles. The Balaban J connectivity index is 2.76. The number of ether oxygens (including phenoxy) is 1. The highest BCUT2D eigenvalue weighted by Gasteiger charge is 2.39. The fraction of sp³-hybridized carbons (Fsp3) is 0.600. The van der Waals surface area contributed by atoms with Crippen LogP contribution in [-0.2, 0) is 23.9 Å². The van der Waals surface area contributed by atoms with E-state index in [1.54, 1.807) is 6.92 Å². The van der Waals surface area contributed by atoms with Crippen LogP contribution in [0, 0.1) is 5.92 Å². The fourth-order valence-electron chi connectivity index (χ4n) is 1.52. The van der Waals surface area contributed by atoms with Gasteiger partial charge in [-0.2, -0.15) is 0 Å². The summed E-state index contributed by atoms with van der Waals surface area (Å²) >= 11 is 0. The van der Waals surface area contributed by atoms with Gasteiger partial charge in [-0.3, -0.25) is 14.4 Å². The van der Waals surface area contributed by atoms with Gasteiger partial charge in [0.1, 0.15) is 5.92 Å². The van der Waals surface area contributed by atoms with E-state index in [1.807, 2.05) is 0 Å². The lowest BCUT2D eigenvalue weighted by atomic mass is 9.84. The van der Waals surface area contributed by atoms with Crippen LogP contribution in [0.1, 0.15) is 26.2 Å². The maximum absolute atomic E-state index is 11.4. The second-order valence-electron chi connectivity index (χ2n) is 3.30. The van der Waals surface area contributed by atoms with Crippen molar-refractivity contribution < 1.29 is 23.9 Å². The van der Waals surface area contributed by atoms with Crippen molar-refractivity contribution in [1.29, 1.82) is 0 Å².